The van der Waals surface area contributed by atoms with Crippen LogP contribution in [0.2, 0.25) is 0 Å². The highest BCUT2D eigenvalue weighted by molar-refractivity contribution is 7.98. The first kappa shape index (κ1) is 17.2. The fourth-order valence-corrected chi connectivity index (χ4v) is 3.44. The van der Waals surface area contributed by atoms with Gasteiger partial charge in [0, 0.05) is 18.0 Å². The summed E-state index contributed by atoms with van der Waals surface area (Å²) >= 11 is 1.81. The van der Waals surface area contributed by atoms with Crippen LogP contribution in [0.4, 0.5) is 4.79 Å². The van der Waals surface area contributed by atoms with Crippen LogP contribution in [0.15, 0.2) is 29.2 Å². The summed E-state index contributed by atoms with van der Waals surface area (Å²) in [5.41, 5.74) is 1.41. The van der Waals surface area contributed by atoms with Gasteiger partial charge in [-0.3, -0.25) is 4.90 Å². The lowest BCUT2D eigenvalue weighted by molar-refractivity contribution is 0.142. The number of nitrogens with one attached hydrogen (secondary N) is 1. The molecule has 1 amide bonds. The van der Waals surface area contributed by atoms with Crippen LogP contribution in [0.5, 0.6) is 0 Å². The Balaban J connectivity index is 1.74. The molecular weight excluding hydrogens is 296 g/mol. The fourth-order valence-electron chi connectivity index (χ4n) is 2.83. The van der Waals surface area contributed by atoms with E-state index >= 15 is 0 Å². The lowest BCUT2D eigenvalue weighted by Gasteiger charge is -2.32. The molecule has 1 saturated heterocycles. The van der Waals surface area contributed by atoms with Crippen molar-refractivity contribution in [1.29, 1.82) is 0 Å². The third kappa shape index (κ3) is 5.21. The van der Waals surface area contributed by atoms with Gasteiger partial charge in [-0.2, -0.15) is 0 Å². The van der Waals surface area contributed by atoms with Gasteiger partial charge in [0.05, 0.1) is 6.61 Å². The van der Waals surface area contributed by atoms with Crippen molar-refractivity contribution in [3.63, 3.8) is 0 Å². The molecule has 0 radical (unpaired) electrons. The van der Waals surface area contributed by atoms with Gasteiger partial charge in [0.1, 0.15) is 0 Å². The minimum Gasteiger partial charge on any atom is -0.450 e. The second-order valence-corrected chi connectivity index (χ2v) is 6.48. The lowest BCUT2D eigenvalue weighted by Crippen LogP contribution is -2.38. The lowest BCUT2D eigenvalue weighted by atomic mass is 9.96. The van der Waals surface area contributed by atoms with Crippen LogP contribution in [0.25, 0.3) is 0 Å². The minimum atomic E-state index is -0.293. The van der Waals surface area contributed by atoms with Gasteiger partial charge < -0.3 is 10.1 Å². The summed E-state index contributed by atoms with van der Waals surface area (Å²) < 4.78 is 4.90. The first-order chi connectivity index (χ1) is 10.7. The van der Waals surface area contributed by atoms with Gasteiger partial charge in [-0.1, -0.05) is 18.2 Å². The Morgan fingerprint density at radius 1 is 1.36 bits per heavy atom. The van der Waals surface area contributed by atoms with Crippen LogP contribution in [0.1, 0.15) is 25.3 Å². The van der Waals surface area contributed by atoms with Crippen molar-refractivity contribution in [3.8, 4) is 0 Å². The number of rotatable bonds is 6. The summed E-state index contributed by atoms with van der Waals surface area (Å²) in [4.78, 5) is 15.2. The summed E-state index contributed by atoms with van der Waals surface area (Å²) in [5.74, 6) is 0.566. The molecule has 1 heterocycles. The van der Waals surface area contributed by atoms with Crippen LogP contribution in [-0.4, -0.2) is 43.5 Å². The zero-order valence-electron chi connectivity index (χ0n) is 13.5. The van der Waals surface area contributed by atoms with Crippen molar-refractivity contribution in [1.82, 2.24) is 10.2 Å². The van der Waals surface area contributed by atoms with E-state index in [1.807, 2.05) is 18.7 Å². The average Bonchev–Trinajstić information content (AvgIpc) is 2.55. The van der Waals surface area contributed by atoms with E-state index in [-0.39, 0.29) is 6.09 Å². The van der Waals surface area contributed by atoms with E-state index < -0.39 is 0 Å². The number of amides is 1. The zero-order chi connectivity index (χ0) is 15.8. The summed E-state index contributed by atoms with van der Waals surface area (Å²) in [6.07, 6.45) is 4.10. The van der Waals surface area contributed by atoms with Gasteiger partial charge in [-0.15, -0.1) is 11.8 Å². The molecule has 4 nitrogen and oxygen atoms in total. The number of thioether (sulfide) groups is 1. The van der Waals surface area contributed by atoms with E-state index in [4.69, 9.17) is 4.74 Å². The van der Waals surface area contributed by atoms with Crippen molar-refractivity contribution >= 4 is 17.9 Å². The Morgan fingerprint density at radius 2 is 2.09 bits per heavy atom. The molecular formula is C17H26N2O2S. The first-order valence-corrected chi connectivity index (χ1v) is 9.20. The second-order valence-electron chi connectivity index (χ2n) is 5.63. The standard InChI is InChI=1S/C17H26N2O2S/c1-3-21-17(20)18-12-14-8-10-19(11-9-14)13-15-6-4-5-7-16(15)22-2/h4-7,14H,3,8-13H2,1-2H3,(H,18,20). The molecule has 0 spiro atoms. The number of carbonyl (C=O) groups excluding carboxylic acids is 1. The summed E-state index contributed by atoms with van der Waals surface area (Å²) in [7, 11) is 0. The first-order valence-electron chi connectivity index (χ1n) is 7.97. The number of likely N-dealkylation sites (tertiary alicyclic amines) is 1. The monoisotopic (exact) mass is 322 g/mol. The molecule has 1 aliphatic rings. The molecule has 22 heavy (non-hydrogen) atoms. The number of nitrogens with zero attached hydrogens (tertiary/aromatic N) is 1. The minimum absolute atomic E-state index is 0.293. The maximum atomic E-state index is 11.3. The maximum absolute atomic E-state index is 11.3. The predicted molar refractivity (Wildman–Crippen MR) is 91.2 cm³/mol. The smallest absolute Gasteiger partial charge is 0.407 e. The fraction of sp³-hybridized carbons (Fsp3) is 0.588. The van der Waals surface area contributed by atoms with Crippen LogP contribution < -0.4 is 5.32 Å². The van der Waals surface area contributed by atoms with Crippen molar-refractivity contribution in [2.24, 2.45) is 5.92 Å². The molecule has 1 N–H and O–H groups in total. The Bertz CT molecular complexity index is 473. The van der Waals surface area contributed by atoms with E-state index in [9.17, 15) is 4.79 Å². The molecule has 0 saturated carbocycles. The van der Waals surface area contributed by atoms with Crippen molar-refractivity contribution in [3.05, 3.63) is 29.8 Å². The Kier molecular flexibility index (Phi) is 7.06. The molecule has 0 aromatic heterocycles. The number of alkyl carbamates (subject to hydrolysis) is 1. The van der Waals surface area contributed by atoms with Crippen LogP contribution in [0, 0.1) is 5.92 Å². The van der Waals surface area contributed by atoms with Crippen LogP contribution >= 0.6 is 11.8 Å². The number of carbonyl (C=O) groups is 1. The molecule has 5 heteroatoms. The average molecular weight is 322 g/mol. The van der Waals surface area contributed by atoms with Gasteiger partial charge in [0.25, 0.3) is 0 Å². The summed E-state index contributed by atoms with van der Waals surface area (Å²) in [6, 6.07) is 8.63. The molecule has 1 fully saturated rings. The highest BCUT2D eigenvalue weighted by Gasteiger charge is 2.20. The highest BCUT2D eigenvalue weighted by atomic mass is 32.2. The molecule has 0 aliphatic carbocycles. The van der Waals surface area contributed by atoms with E-state index in [1.54, 1.807) is 0 Å². The Hall–Kier alpha value is -1.20. The maximum Gasteiger partial charge on any atom is 0.407 e. The van der Waals surface area contributed by atoms with E-state index in [2.05, 4.69) is 40.7 Å². The molecule has 0 bridgehead atoms. The number of piperidine rings is 1. The third-order valence-corrected chi connectivity index (χ3v) is 4.94. The zero-order valence-corrected chi connectivity index (χ0v) is 14.3. The molecule has 1 aromatic carbocycles. The Morgan fingerprint density at radius 3 is 2.77 bits per heavy atom. The topological polar surface area (TPSA) is 41.6 Å². The normalized spacial score (nSPS) is 16.5. The number of ether oxygens (including phenoxy) is 1. The number of hydrogen-bond donors (Lipinski definition) is 1. The van der Waals surface area contributed by atoms with Gasteiger partial charge in [-0.05, 0) is 56.7 Å². The quantitative estimate of drug-likeness (QED) is 0.815. The Labute approximate surface area is 137 Å². The molecule has 122 valence electrons. The predicted octanol–water partition coefficient (Wildman–Crippen LogP) is 3.37. The second kappa shape index (κ2) is 9.06. The highest BCUT2D eigenvalue weighted by Crippen LogP contribution is 2.24. The van der Waals surface area contributed by atoms with Crippen LogP contribution in [-0.2, 0) is 11.3 Å². The SMILES string of the molecule is CCOC(=O)NCC1CCN(Cc2ccccc2SC)CC1. The van der Waals surface area contributed by atoms with Crippen molar-refractivity contribution < 1.29 is 9.53 Å². The molecule has 1 aromatic rings. The van der Waals surface area contributed by atoms with Crippen molar-refractivity contribution in [2.45, 2.75) is 31.2 Å². The van der Waals surface area contributed by atoms with Crippen molar-refractivity contribution in [2.75, 3.05) is 32.5 Å². The van der Waals surface area contributed by atoms with Gasteiger partial charge in [0.15, 0.2) is 0 Å². The van der Waals surface area contributed by atoms with Crippen LogP contribution in [0.3, 0.4) is 0 Å². The number of hydrogen-bond acceptors (Lipinski definition) is 4. The van der Waals surface area contributed by atoms with Gasteiger partial charge in [-0.25, -0.2) is 4.79 Å². The van der Waals surface area contributed by atoms with E-state index in [1.165, 1.54) is 10.5 Å². The summed E-state index contributed by atoms with van der Waals surface area (Å²) in [6.45, 7) is 6.20. The summed E-state index contributed by atoms with van der Waals surface area (Å²) in [5, 5.41) is 2.85. The molecule has 0 unspecified atom stereocenters. The van der Waals surface area contributed by atoms with E-state index in [0.29, 0.717) is 12.5 Å². The van der Waals surface area contributed by atoms with E-state index in [0.717, 1.165) is 39.0 Å². The molecule has 0 atom stereocenters. The van der Waals surface area contributed by atoms with Gasteiger partial charge >= 0.3 is 6.09 Å². The molecule has 1 aliphatic heterocycles. The third-order valence-electron chi connectivity index (χ3n) is 4.10. The molecule has 2 rings (SSSR count). The van der Waals surface area contributed by atoms with Gasteiger partial charge in [0.2, 0.25) is 0 Å². The number of benzene rings is 1. The largest absolute Gasteiger partial charge is 0.450 e.